The van der Waals surface area contributed by atoms with Crippen LogP contribution < -0.4 is 22.1 Å². The van der Waals surface area contributed by atoms with E-state index in [1.807, 2.05) is 0 Å². The molecule has 4 heteroatoms. The summed E-state index contributed by atoms with van der Waals surface area (Å²) in [6, 6.07) is 1.77. The molecule has 0 aromatic carbocycles. The molecule has 0 aliphatic heterocycles. The van der Waals surface area contributed by atoms with Crippen LogP contribution in [-0.2, 0) is 0 Å². The van der Waals surface area contributed by atoms with Crippen molar-refractivity contribution >= 4 is 0 Å². The van der Waals surface area contributed by atoms with E-state index in [1.54, 1.807) is 0 Å². The first-order valence-electron chi connectivity index (χ1n) is 7.75. The van der Waals surface area contributed by atoms with Gasteiger partial charge in [0.1, 0.15) is 0 Å². The second-order valence-corrected chi connectivity index (χ2v) is 6.02. The van der Waals surface area contributed by atoms with E-state index in [0.29, 0.717) is 24.2 Å². The molecule has 0 aromatic heterocycles. The minimum absolute atomic E-state index is 0.357. The van der Waals surface area contributed by atoms with Crippen molar-refractivity contribution in [2.75, 3.05) is 13.1 Å². The van der Waals surface area contributed by atoms with Crippen LogP contribution >= 0.6 is 0 Å². The van der Waals surface area contributed by atoms with Crippen molar-refractivity contribution in [1.82, 2.24) is 10.6 Å². The van der Waals surface area contributed by atoms with Gasteiger partial charge in [-0.15, -0.1) is 0 Å². The molecular formula is C14H30N4. The molecule has 0 saturated heterocycles. The Morgan fingerprint density at radius 3 is 1.44 bits per heavy atom. The third kappa shape index (κ3) is 4.19. The smallest absolute Gasteiger partial charge is 0.0219 e. The van der Waals surface area contributed by atoms with Gasteiger partial charge in [0.05, 0.1) is 0 Å². The highest BCUT2D eigenvalue weighted by Gasteiger charge is 2.22. The lowest BCUT2D eigenvalue weighted by atomic mass is 9.90. The van der Waals surface area contributed by atoms with Crippen LogP contribution in [0.2, 0.25) is 0 Å². The van der Waals surface area contributed by atoms with E-state index in [9.17, 15) is 0 Å². The standard InChI is InChI=1S/C14H30N4/c15-11-5-1-3-7-13(11)17-9-10-18-14-8-4-2-6-12(14)16/h11-14,17-18H,1-10,15-16H2/t11-,12?,13+,14?/m1/s1. The lowest BCUT2D eigenvalue weighted by molar-refractivity contribution is 0.306. The number of hydrogen-bond donors (Lipinski definition) is 4. The first-order valence-corrected chi connectivity index (χ1v) is 7.75. The summed E-state index contributed by atoms with van der Waals surface area (Å²) in [5.74, 6) is 0. The van der Waals surface area contributed by atoms with Crippen LogP contribution in [0.3, 0.4) is 0 Å². The van der Waals surface area contributed by atoms with E-state index in [4.69, 9.17) is 11.5 Å². The molecule has 0 amide bonds. The Balaban J connectivity index is 1.57. The Bertz CT molecular complexity index is 210. The average Bonchev–Trinajstić information content (AvgIpc) is 2.38. The van der Waals surface area contributed by atoms with E-state index in [1.165, 1.54) is 51.4 Å². The van der Waals surface area contributed by atoms with E-state index in [0.717, 1.165) is 13.1 Å². The second-order valence-electron chi connectivity index (χ2n) is 6.02. The maximum Gasteiger partial charge on any atom is 0.0219 e. The van der Waals surface area contributed by atoms with Gasteiger partial charge in [-0.1, -0.05) is 25.7 Å². The highest BCUT2D eigenvalue weighted by molar-refractivity contribution is 4.86. The quantitative estimate of drug-likeness (QED) is 0.545. The molecular weight excluding hydrogens is 224 g/mol. The van der Waals surface area contributed by atoms with Gasteiger partial charge in [0.2, 0.25) is 0 Å². The molecule has 0 aromatic rings. The van der Waals surface area contributed by atoms with E-state index in [-0.39, 0.29) is 0 Å². The molecule has 0 bridgehead atoms. The molecule has 4 atom stereocenters. The zero-order valence-electron chi connectivity index (χ0n) is 11.5. The van der Waals surface area contributed by atoms with Crippen LogP contribution in [0.25, 0.3) is 0 Å². The van der Waals surface area contributed by atoms with Crippen LogP contribution in [0.15, 0.2) is 0 Å². The van der Waals surface area contributed by atoms with Crippen molar-refractivity contribution in [3.63, 3.8) is 0 Å². The lowest BCUT2D eigenvalue weighted by Gasteiger charge is -2.31. The molecule has 6 N–H and O–H groups in total. The molecule has 2 fully saturated rings. The van der Waals surface area contributed by atoms with Crippen molar-refractivity contribution in [3.8, 4) is 0 Å². The van der Waals surface area contributed by atoms with Gasteiger partial charge < -0.3 is 22.1 Å². The van der Waals surface area contributed by atoms with Gasteiger partial charge in [-0.3, -0.25) is 0 Å². The van der Waals surface area contributed by atoms with Gasteiger partial charge >= 0.3 is 0 Å². The lowest BCUT2D eigenvalue weighted by Crippen LogP contribution is -2.51. The number of hydrogen-bond acceptors (Lipinski definition) is 4. The first kappa shape index (κ1) is 14.3. The molecule has 0 radical (unpaired) electrons. The fourth-order valence-electron chi connectivity index (χ4n) is 3.34. The zero-order valence-corrected chi connectivity index (χ0v) is 11.5. The molecule has 0 heterocycles. The average molecular weight is 254 g/mol. The summed E-state index contributed by atoms with van der Waals surface area (Å²) in [5, 5.41) is 7.19. The number of nitrogens with one attached hydrogen (secondary N) is 2. The minimum atomic E-state index is 0.357. The van der Waals surface area contributed by atoms with Crippen LogP contribution in [0.1, 0.15) is 51.4 Å². The maximum absolute atomic E-state index is 6.12. The normalized spacial score (nSPS) is 37.7. The Morgan fingerprint density at radius 1 is 0.667 bits per heavy atom. The largest absolute Gasteiger partial charge is 0.326 e. The van der Waals surface area contributed by atoms with Crippen molar-refractivity contribution < 1.29 is 0 Å². The second kappa shape index (κ2) is 7.43. The summed E-state index contributed by atoms with van der Waals surface area (Å²) in [7, 11) is 0. The summed E-state index contributed by atoms with van der Waals surface area (Å²) in [4.78, 5) is 0. The SMILES string of the molecule is NC1CCCCC1NCCN[C@H]1CCCC[C@H]1N. The highest BCUT2D eigenvalue weighted by atomic mass is 15.0. The number of rotatable bonds is 5. The van der Waals surface area contributed by atoms with Gasteiger partial charge in [0.15, 0.2) is 0 Å². The molecule has 0 spiro atoms. The third-order valence-electron chi connectivity index (χ3n) is 4.58. The van der Waals surface area contributed by atoms with Crippen molar-refractivity contribution in [2.45, 2.75) is 75.5 Å². The van der Waals surface area contributed by atoms with Crippen LogP contribution in [0.4, 0.5) is 0 Å². The first-order chi connectivity index (χ1) is 8.77. The zero-order chi connectivity index (χ0) is 12.8. The molecule has 18 heavy (non-hydrogen) atoms. The Hall–Kier alpha value is -0.160. The summed E-state index contributed by atoms with van der Waals surface area (Å²) in [6.45, 7) is 2.03. The minimum Gasteiger partial charge on any atom is -0.326 e. The van der Waals surface area contributed by atoms with E-state index in [2.05, 4.69) is 10.6 Å². The van der Waals surface area contributed by atoms with Crippen LogP contribution in [0, 0.1) is 0 Å². The van der Waals surface area contributed by atoms with E-state index >= 15 is 0 Å². The molecule has 2 aliphatic carbocycles. The summed E-state index contributed by atoms with van der Waals surface area (Å²) in [5.41, 5.74) is 12.2. The van der Waals surface area contributed by atoms with Crippen molar-refractivity contribution in [1.29, 1.82) is 0 Å². The van der Waals surface area contributed by atoms with Crippen LogP contribution in [-0.4, -0.2) is 37.3 Å². The number of nitrogens with two attached hydrogens (primary N) is 2. The highest BCUT2D eigenvalue weighted by Crippen LogP contribution is 2.17. The summed E-state index contributed by atoms with van der Waals surface area (Å²) < 4.78 is 0. The maximum atomic E-state index is 6.12. The van der Waals surface area contributed by atoms with Gasteiger partial charge in [-0.05, 0) is 25.7 Å². The predicted molar refractivity (Wildman–Crippen MR) is 76.5 cm³/mol. The molecule has 2 rings (SSSR count). The van der Waals surface area contributed by atoms with Gasteiger partial charge in [-0.25, -0.2) is 0 Å². The topological polar surface area (TPSA) is 76.1 Å². The predicted octanol–water partition coefficient (Wildman–Crippen LogP) is 0.705. The van der Waals surface area contributed by atoms with E-state index < -0.39 is 0 Å². The Labute approximate surface area is 111 Å². The molecule has 2 unspecified atom stereocenters. The molecule has 4 nitrogen and oxygen atoms in total. The van der Waals surface area contributed by atoms with Crippen molar-refractivity contribution in [2.24, 2.45) is 11.5 Å². The monoisotopic (exact) mass is 254 g/mol. The van der Waals surface area contributed by atoms with Gasteiger partial charge in [-0.2, -0.15) is 0 Å². The third-order valence-corrected chi connectivity index (χ3v) is 4.58. The molecule has 106 valence electrons. The van der Waals surface area contributed by atoms with Gasteiger partial charge in [0, 0.05) is 37.3 Å². The summed E-state index contributed by atoms with van der Waals surface area (Å²) >= 11 is 0. The Morgan fingerprint density at radius 2 is 1.06 bits per heavy atom. The fraction of sp³-hybridized carbons (Fsp3) is 1.00. The van der Waals surface area contributed by atoms with Crippen LogP contribution in [0.5, 0.6) is 0 Å². The van der Waals surface area contributed by atoms with Gasteiger partial charge in [0.25, 0.3) is 0 Å². The molecule has 2 saturated carbocycles. The van der Waals surface area contributed by atoms with Crippen molar-refractivity contribution in [3.05, 3.63) is 0 Å². The summed E-state index contributed by atoms with van der Waals surface area (Å²) in [6.07, 6.45) is 10.1. The Kier molecular flexibility index (Phi) is 5.89. The fourth-order valence-corrected chi connectivity index (χ4v) is 3.34. The molecule has 2 aliphatic rings.